The summed E-state index contributed by atoms with van der Waals surface area (Å²) in [5.74, 6) is -0.593. The Morgan fingerprint density at radius 2 is 2.15 bits per heavy atom. The number of carbonyl (C=O) groups is 2. The summed E-state index contributed by atoms with van der Waals surface area (Å²) in [6.45, 7) is 3.40. The van der Waals surface area contributed by atoms with Gasteiger partial charge in [-0.15, -0.1) is 0 Å². The lowest BCUT2D eigenvalue weighted by molar-refractivity contribution is -0.193. The molecule has 0 amide bonds. The highest BCUT2D eigenvalue weighted by atomic mass is 16.5. The second kappa shape index (κ2) is 5.42. The van der Waals surface area contributed by atoms with Crippen molar-refractivity contribution in [2.75, 3.05) is 20.2 Å². The highest BCUT2D eigenvalue weighted by Crippen LogP contribution is 2.60. The average Bonchev–Trinajstić information content (AvgIpc) is 3.03. The van der Waals surface area contributed by atoms with Gasteiger partial charge in [0.2, 0.25) is 5.72 Å². The zero-order chi connectivity index (χ0) is 19.0. The number of hydrogen-bond acceptors (Lipinski definition) is 5. The van der Waals surface area contributed by atoms with Crippen LogP contribution in [0.15, 0.2) is 24.3 Å². The molecular formula is C21H24N2O4. The van der Waals surface area contributed by atoms with E-state index in [0.717, 1.165) is 42.4 Å². The van der Waals surface area contributed by atoms with Gasteiger partial charge in [0.1, 0.15) is 0 Å². The fourth-order valence-electron chi connectivity index (χ4n) is 5.97. The van der Waals surface area contributed by atoms with Crippen molar-refractivity contribution in [2.45, 2.75) is 44.4 Å². The third kappa shape index (κ3) is 1.92. The first-order valence-corrected chi connectivity index (χ1v) is 9.69. The highest BCUT2D eigenvalue weighted by Gasteiger charge is 2.61. The van der Waals surface area contributed by atoms with E-state index in [0.29, 0.717) is 18.5 Å². The minimum Gasteiger partial charge on any atom is -0.465 e. The quantitative estimate of drug-likeness (QED) is 0.825. The number of rotatable bonds is 2. The predicted octanol–water partition coefficient (Wildman–Crippen LogP) is 2.59. The van der Waals surface area contributed by atoms with Crippen molar-refractivity contribution in [3.63, 3.8) is 0 Å². The number of nitrogens with zero attached hydrogens (tertiary/aromatic N) is 2. The topological polar surface area (TPSA) is 71.8 Å². The van der Waals surface area contributed by atoms with E-state index in [2.05, 4.69) is 11.8 Å². The first kappa shape index (κ1) is 17.0. The summed E-state index contributed by atoms with van der Waals surface area (Å²) in [4.78, 5) is 28.2. The Morgan fingerprint density at radius 1 is 1.37 bits per heavy atom. The molecule has 0 spiro atoms. The molecule has 0 bridgehead atoms. The number of Topliss-reactive ketones (excluding diaryl/α,β-unsaturated/α-hetero) is 1. The van der Waals surface area contributed by atoms with Gasteiger partial charge in [-0.2, -0.15) is 0 Å². The van der Waals surface area contributed by atoms with Crippen molar-refractivity contribution in [3.8, 4) is 0 Å². The molecule has 4 heterocycles. The number of aliphatic hydroxyl groups is 1. The third-order valence-corrected chi connectivity index (χ3v) is 7.05. The van der Waals surface area contributed by atoms with Gasteiger partial charge in [-0.05, 0) is 37.3 Å². The minimum atomic E-state index is -1.80. The molecule has 27 heavy (non-hydrogen) atoms. The molecule has 1 N–H and O–H groups in total. The van der Waals surface area contributed by atoms with Crippen molar-refractivity contribution in [2.24, 2.45) is 5.41 Å². The number of methoxy groups -OCH3 is 1. The normalized spacial score (nSPS) is 32.4. The van der Waals surface area contributed by atoms with Crippen LogP contribution in [0.5, 0.6) is 0 Å². The molecule has 3 atom stereocenters. The first-order chi connectivity index (χ1) is 13.0. The van der Waals surface area contributed by atoms with E-state index >= 15 is 0 Å². The minimum absolute atomic E-state index is 0.0429. The van der Waals surface area contributed by atoms with Crippen LogP contribution < -0.4 is 0 Å². The van der Waals surface area contributed by atoms with Gasteiger partial charge in [0, 0.05) is 17.4 Å². The molecule has 6 heteroatoms. The maximum Gasteiger partial charge on any atom is 0.359 e. The predicted molar refractivity (Wildman–Crippen MR) is 99.4 cm³/mol. The van der Waals surface area contributed by atoms with Crippen LogP contribution in [0.2, 0.25) is 0 Å². The summed E-state index contributed by atoms with van der Waals surface area (Å²) in [6, 6.07) is 7.61. The van der Waals surface area contributed by atoms with E-state index in [4.69, 9.17) is 4.74 Å². The molecule has 142 valence electrons. The lowest BCUT2D eigenvalue weighted by Crippen LogP contribution is -2.60. The van der Waals surface area contributed by atoms with Crippen LogP contribution in [-0.2, 0) is 15.3 Å². The van der Waals surface area contributed by atoms with Gasteiger partial charge in [0.25, 0.3) is 0 Å². The summed E-state index contributed by atoms with van der Waals surface area (Å²) in [6.07, 6.45) is 3.04. The zero-order valence-corrected chi connectivity index (χ0v) is 15.7. The number of benzene rings is 1. The monoisotopic (exact) mass is 368 g/mol. The maximum atomic E-state index is 13.1. The lowest BCUT2D eigenvalue weighted by atomic mass is 9.62. The molecule has 3 unspecified atom stereocenters. The molecule has 6 nitrogen and oxygen atoms in total. The summed E-state index contributed by atoms with van der Waals surface area (Å²) in [5, 5.41) is 12.5. The maximum absolute atomic E-state index is 13.1. The van der Waals surface area contributed by atoms with Gasteiger partial charge in [-0.1, -0.05) is 25.1 Å². The fourth-order valence-corrected chi connectivity index (χ4v) is 5.97. The highest BCUT2D eigenvalue weighted by molar-refractivity contribution is 6.12. The van der Waals surface area contributed by atoms with Crippen molar-refractivity contribution in [3.05, 3.63) is 35.5 Å². The largest absolute Gasteiger partial charge is 0.465 e. The van der Waals surface area contributed by atoms with Crippen LogP contribution in [0.25, 0.3) is 10.9 Å². The van der Waals surface area contributed by atoms with E-state index in [9.17, 15) is 14.7 Å². The van der Waals surface area contributed by atoms with Crippen LogP contribution in [-0.4, -0.2) is 46.5 Å². The Bertz CT molecular complexity index is 980. The number of ether oxygens (including phenoxy) is 1. The number of aromatic nitrogens is 1. The smallest absolute Gasteiger partial charge is 0.359 e. The van der Waals surface area contributed by atoms with Gasteiger partial charge in [-0.25, -0.2) is 4.79 Å². The van der Waals surface area contributed by atoms with Crippen LogP contribution in [0.1, 0.15) is 54.7 Å². The number of piperidine rings is 1. The van der Waals surface area contributed by atoms with E-state index in [1.807, 2.05) is 24.3 Å². The van der Waals surface area contributed by atoms with E-state index in [1.165, 1.54) is 7.11 Å². The molecule has 2 aromatic rings. The molecule has 0 saturated carbocycles. The molecule has 1 saturated heterocycles. The van der Waals surface area contributed by atoms with Gasteiger partial charge in [0.15, 0.2) is 5.78 Å². The van der Waals surface area contributed by atoms with Crippen LogP contribution in [0.3, 0.4) is 0 Å². The molecule has 3 aliphatic heterocycles. The Labute approximate surface area is 157 Å². The van der Waals surface area contributed by atoms with E-state index in [1.54, 1.807) is 4.57 Å². The van der Waals surface area contributed by atoms with Crippen LogP contribution in [0.4, 0.5) is 0 Å². The van der Waals surface area contributed by atoms with Crippen LogP contribution >= 0.6 is 0 Å². The van der Waals surface area contributed by atoms with E-state index < -0.39 is 11.7 Å². The summed E-state index contributed by atoms with van der Waals surface area (Å²) in [7, 11) is 1.31. The van der Waals surface area contributed by atoms with Crippen LogP contribution in [0, 0.1) is 5.41 Å². The standard InChI is InChI=1S/C21H24N2O4/c1-3-20-9-6-10-22-11-15(24)16-13-7-4-5-8-14(13)23(17(16)18(20)22)21(26,12-20)19(25)27-2/h4-5,7-8,18,26H,3,6,9-12H2,1-2H3. The Morgan fingerprint density at radius 3 is 2.89 bits per heavy atom. The number of fused-ring (bicyclic) bond motifs is 3. The Balaban J connectivity index is 1.93. The van der Waals surface area contributed by atoms with Crippen molar-refractivity contribution in [1.29, 1.82) is 0 Å². The summed E-state index contributed by atoms with van der Waals surface area (Å²) >= 11 is 0. The second-order valence-corrected chi connectivity index (χ2v) is 8.21. The Hall–Kier alpha value is -2.18. The zero-order valence-electron chi connectivity index (χ0n) is 15.7. The lowest BCUT2D eigenvalue weighted by Gasteiger charge is -2.57. The van der Waals surface area contributed by atoms with E-state index in [-0.39, 0.29) is 17.2 Å². The van der Waals surface area contributed by atoms with Crippen molar-refractivity contribution >= 4 is 22.7 Å². The molecule has 0 radical (unpaired) electrons. The molecule has 5 rings (SSSR count). The molecule has 1 aromatic heterocycles. The first-order valence-electron chi connectivity index (χ1n) is 9.69. The van der Waals surface area contributed by atoms with Crippen molar-refractivity contribution < 1.29 is 19.4 Å². The van der Waals surface area contributed by atoms with Gasteiger partial charge in [0.05, 0.1) is 30.9 Å². The molecule has 0 aliphatic carbocycles. The number of carbonyl (C=O) groups excluding carboxylic acids is 2. The molecule has 3 aliphatic rings. The summed E-state index contributed by atoms with van der Waals surface area (Å²) in [5.41, 5.74) is 0.151. The van der Waals surface area contributed by atoms with Gasteiger partial charge >= 0.3 is 5.97 Å². The fraction of sp³-hybridized carbons (Fsp3) is 0.524. The van der Waals surface area contributed by atoms with Gasteiger partial charge in [-0.3, -0.25) is 9.69 Å². The van der Waals surface area contributed by atoms with Gasteiger partial charge < -0.3 is 14.4 Å². The summed E-state index contributed by atoms with van der Waals surface area (Å²) < 4.78 is 6.75. The SMILES string of the molecule is CCC12CCCN3CC(=O)c4c(n(c5ccccc45)C(O)(C(=O)OC)C1)C32. The number of ketones is 1. The van der Waals surface area contributed by atoms with Crippen molar-refractivity contribution in [1.82, 2.24) is 9.47 Å². The number of esters is 1. The Kier molecular flexibility index (Phi) is 3.41. The molecule has 1 aromatic carbocycles. The molecule has 1 fully saturated rings. The molecular weight excluding hydrogens is 344 g/mol. The third-order valence-electron chi connectivity index (χ3n) is 7.05. The number of hydrogen-bond donors (Lipinski definition) is 1. The average molecular weight is 368 g/mol. The second-order valence-electron chi connectivity index (χ2n) is 8.21. The number of para-hydroxylation sites is 1.